The van der Waals surface area contributed by atoms with E-state index in [0.29, 0.717) is 17.3 Å². The van der Waals surface area contributed by atoms with E-state index in [1.54, 1.807) is 27.9 Å². The Morgan fingerprint density at radius 2 is 1.70 bits per heavy atom. The maximum absolute atomic E-state index is 14.9. The molecule has 1 fully saturated rings. The Labute approximate surface area is 189 Å². The summed E-state index contributed by atoms with van der Waals surface area (Å²) in [5.41, 5.74) is 1.56. The molecular formula is C23H21F2N5O2S. The van der Waals surface area contributed by atoms with Gasteiger partial charge in [-0.15, -0.1) is 0 Å². The molecule has 0 radical (unpaired) electrons. The van der Waals surface area contributed by atoms with E-state index in [-0.39, 0.29) is 36.7 Å². The highest BCUT2D eigenvalue weighted by Gasteiger charge is 2.24. The Morgan fingerprint density at radius 1 is 1.00 bits per heavy atom. The third-order valence-corrected chi connectivity index (χ3v) is 7.29. The molecule has 1 saturated heterocycles. The summed E-state index contributed by atoms with van der Waals surface area (Å²) in [5, 5.41) is 3.85. The topological polar surface area (TPSA) is 80.1 Å². The average molecular weight is 470 g/mol. The van der Waals surface area contributed by atoms with Crippen LogP contribution in [0.5, 0.6) is 0 Å². The van der Waals surface area contributed by atoms with Gasteiger partial charge in [0.25, 0.3) is 0 Å². The van der Waals surface area contributed by atoms with E-state index in [4.69, 9.17) is 0 Å². The zero-order valence-corrected chi connectivity index (χ0v) is 18.4. The number of nitrogens with one attached hydrogen (secondary N) is 1. The van der Waals surface area contributed by atoms with Crippen molar-refractivity contribution in [3.63, 3.8) is 0 Å². The monoisotopic (exact) mass is 469 g/mol. The van der Waals surface area contributed by atoms with E-state index < -0.39 is 21.5 Å². The summed E-state index contributed by atoms with van der Waals surface area (Å²) < 4.78 is 54.7. The van der Waals surface area contributed by atoms with Crippen LogP contribution in [0.4, 0.5) is 20.4 Å². The van der Waals surface area contributed by atoms with Gasteiger partial charge in [-0.2, -0.15) is 4.98 Å². The summed E-state index contributed by atoms with van der Waals surface area (Å²) in [4.78, 5) is 10.6. The van der Waals surface area contributed by atoms with E-state index >= 15 is 0 Å². The minimum absolute atomic E-state index is 0.00271. The lowest BCUT2D eigenvalue weighted by molar-refractivity contribution is 0.278. The molecule has 7 nitrogen and oxygen atoms in total. The molecule has 0 unspecified atom stereocenters. The van der Waals surface area contributed by atoms with E-state index in [0.717, 1.165) is 11.1 Å². The molecule has 2 aromatic heterocycles. The van der Waals surface area contributed by atoms with Crippen molar-refractivity contribution in [3.8, 4) is 5.69 Å². The first-order valence-corrected chi connectivity index (χ1v) is 12.3. The average Bonchev–Trinajstić information content (AvgIpc) is 3.21. The summed E-state index contributed by atoms with van der Waals surface area (Å²) in [6, 6.07) is 13.8. The van der Waals surface area contributed by atoms with E-state index in [2.05, 4.69) is 15.3 Å². The van der Waals surface area contributed by atoms with Gasteiger partial charge in [-0.25, -0.2) is 22.2 Å². The van der Waals surface area contributed by atoms with Crippen LogP contribution < -0.4 is 5.32 Å². The molecule has 1 aliphatic rings. The predicted molar refractivity (Wildman–Crippen MR) is 122 cm³/mol. The number of fused-ring (bicyclic) bond motifs is 1. The number of rotatable bonds is 5. The van der Waals surface area contributed by atoms with Crippen LogP contribution in [0.25, 0.3) is 16.7 Å². The van der Waals surface area contributed by atoms with Gasteiger partial charge in [0.2, 0.25) is 5.95 Å². The molecule has 1 N–H and O–H groups in total. The largest absolute Gasteiger partial charge is 0.324 e. The van der Waals surface area contributed by atoms with Gasteiger partial charge in [-0.1, -0.05) is 18.2 Å². The molecule has 3 heterocycles. The molecule has 0 saturated carbocycles. The molecule has 1 aliphatic heterocycles. The molecule has 5 rings (SSSR count). The number of anilines is 2. The third-order valence-electron chi connectivity index (χ3n) is 5.68. The van der Waals surface area contributed by atoms with Crippen LogP contribution in [-0.4, -0.2) is 52.4 Å². The molecule has 0 aliphatic carbocycles. The number of nitrogens with zero attached hydrogens (tertiary/aromatic N) is 4. The molecule has 4 aromatic rings. The van der Waals surface area contributed by atoms with Crippen LogP contribution in [0.1, 0.15) is 5.56 Å². The zero-order valence-electron chi connectivity index (χ0n) is 17.6. The van der Waals surface area contributed by atoms with Gasteiger partial charge in [0.15, 0.2) is 9.84 Å². The maximum atomic E-state index is 14.9. The van der Waals surface area contributed by atoms with Gasteiger partial charge in [-0.3, -0.25) is 4.90 Å². The summed E-state index contributed by atoms with van der Waals surface area (Å²) in [5.74, 6) is -0.994. The number of hydrogen-bond acceptors (Lipinski definition) is 6. The summed E-state index contributed by atoms with van der Waals surface area (Å²) in [6.07, 6.45) is 3.34. The lowest BCUT2D eigenvalue weighted by atomic mass is 10.1. The predicted octanol–water partition coefficient (Wildman–Crippen LogP) is 3.67. The number of sulfone groups is 1. The van der Waals surface area contributed by atoms with Crippen LogP contribution in [-0.2, 0) is 16.4 Å². The first-order valence-electron chi connectivity index (χ1n) is 10.5. The molecule has 0 atom stereocenters. The van der Waals surface area contributed by atoms with E-state index in [1.807, 2.05) is 30.3 Å². The Bertz CT molecular complexity index is 1390. The van der Waals surface area contributed by atoms with Crippen molar-refractivity contribution in [2.75, 3.05) is 29.9 Å². The molecule has 0 spiro atoms. The van der Waals surface area contributed by atoms with Crippen LogP contribution in [0.3, 0.4) is 0 Å². The number of aromatic nitrogens is 3. The fraction of sp³-hybridized carbons (Fsp3) is 0.217. The second-order valence-corrected chi connectivity index (χ2v) is 10.3. The Balaban J connectivity index is 1.43. The second kappa shape index (κ2) is 8.53. The van der Waals surface area contributed by atoms with Gasteiger partial charge < -0.3 is 9.88 Å². The van der Waals surface area contributed by atoms with Gasteiger partial charge >= 0.3 is 0 Å². The zero-order chi connectivity index (χ0) is 23.0. The minimum Gasteiger partial charge on any atom is -0.324 e. The first-order chi connectivity index (χ1) is 15.9. The number of hydrogen-bond donors (Lipinski definition) is 1. The minimum atomic E-state index is -3.06. The van der Waals surface area contributed by atoms with Crippen molar-refractivity contribution in [1.29, 1.82) is 0 Å². The fourth-order valence-corrected chi connectivity index (χ4v) is 5.13. The van der Waals surface area contributed by atoms with Crippen molar-refractivity contribution in [2.24, 2.45) is 0 Å². The molecule has 170 valence electrons. The van der Waals surface area contributed by atoms with Crippen LogP contribution in [0.2, 0.25) is 0 Å². The molecule has 0 bridgehead atoms. The van der Waals surface area contributed by atoms with Gasteiger partial charge in [0, 0.05) is 48.7 Å². The normalized spacial score (nSPS) is 16.2. The highest BCUT2D eigenvalue weighted by Crippen LogP contribution is 2.25. The van der Waals surface area contributed by atoms with Gasteiger partial charge in [-0.05, 0) is 30.3 Å². The van der Waals surface area contributed by atoms with Crippen molar-refractivity contribution in [2.45, 2.75) is 6.54 Å². The highest BCUT2D eigenvalue weighted by molar-refractivity contribution is 7.91. The van der Waals surface area contributed by atoms with E-state index in [1.165, 1.54) is 12.1 Å². The molecule has 0 amide bonds. The number of para-hydroxylation sites is 1. The standard InChI is InChI=1S/C23H21F2N5O2S/c24-20-12-18(13-21(25)19(20)15-29-8-10-33(31,32)11-9-29)30-7-6-16-14-26-23(28-22(16)30)27-17-4-2-1-3-5-17/h1-7,12-14H,8-11,15H2,(H,26,27,28). The van der Waals surface area contributed by atoms with Gasteiger partial charge in [0.1, 0.15) is 17.3 Å². The quantitative estimate of drug-likeness (QED) is 0.481. The van der Waals surface area contributed by atoms with Crippen molar-refractivity contribution in [3.05, 3.63) is 78.1 Å². The Kier molecular flexibility index (Phi) is 5.55. The van der Waals surface area contributed by atoms with Crippen LogP contribution >= 0.6 is 0 Å². The number of halogens is 2. The lowest BCUT2D eigenvalue weighted by Gasteiger charge is -2.26. The second-order valence-electron chi connectivity index (χ2n) is 7.97. The van der Waals surface area contributed by atoms with Crippen molar-refractivity contribution >= 4 is 32.5 Å². The Hall–Kier alpha value is -3.37. The summed E-state index contributed by atoms with van der Waals surface area (Å²) in [6.45, 7) is 0.547. The van der Waals surface area contributed by atoms with Gasteiger partial charge in [0.05, 0.1) is 17.2 Å². The maximum Gasteiger partial charge on any atom is 0.229 e. The molecule has 33 heavy (non-hydrogen) atoms. The van der Waals surface area contributed by atoms with Crippen molar-refractivity contribution < 1.29 is 17.2 Å². The number of benzene rings is 2. The third kappa shape index (κ3) is 4.57. The Morgan fingerprint density at radius 3 is 2.39 bits per heavy atom. The smallest absolute Gasteiger partial charge is 0.229 e. The summed E-state index contributed by atoms with van der Waals surface area (Å²) in [7, 11) is -3.06. The summed E-state index contributed by atoms with van der Waals surface area (Å²) >= 11 is 0. The van der Waals surface area contributed by atoms with Crippen LogP contribution in [0.15, 0.2) is 60.9 Å². The SMILES string of the molecule is O=S1(=O)CCN(Cc2c(F)cc(-n3ccc4cnc(Nc5ccccc5)nc43)cc2F)CC1. The first kappa shape index (κ1) is 21.5. The van der Waals surface area contributed by atoms with Crippen molar-refractivity contribution in [1.82, 2.24) is 19.4 Å². The van der Waals surface area contributed by atoms with E-state index in [9.17, 15) is 17.2 Å². The molecular weight excluding hydrogens is 448 g/mol. The molecule has 2 aromatic carbocycles. The van der Waals surface area contributed by atoms with Crippen LogP contribution in [0, 0.1) is 11.6 Å². The molecule has 10 heteroatoms. The lowest BCUT2D eigenvalue weighted by Crippen LogP contribution is -2.40. The fourth-order valence-electron chi connectivity index (χ4n) is 3.85. The highest BCUT2D eigenvalue weighted by atomic mass is 32.2.